The van der Waals surface area contributed by atoms with Crippen molar-refractivity contribution in [2.45, 2.75) is 49.4 Å². The van der Waals surface area contributed by atoms with Gasteiger partial charge in [0.1, 0.15) is 17.9 Å². The number of anilines is 1. The molecule has 0 bridgehead atoms. The minimum absolute atomic E-state index is 0.0417. The second kappa shape index (κ2) is 19.9. The molecule has 0 aliphatic carbocycles. The van der Waals surface area contributed by atoms with E-state index in [-0.39, 0.29) is 25.9 Å². The smallest absolute Gasteiger partial charge is 0.309 e. The van der Waals surface area contributed by atoms with Gasteiger partial charge in [-0.25, -0.2) is 0 Å². The fraction of sp³-hybridized carbons (Fsp3) is 0.211. The number of aliphatic carboxylic acids is 2. The van der Waals surface area contributed by atoms with Gasteiger partial charge in [-0.05, 0) is 89.9 Å². The summed E-state index contributed by atoms with van der Waals surface area (Å²) in [6.07, 6.45) is 13.0. The van der Waals surface area contributed by atoms with E-state index in [2.05, 4.69) is 155 Å². The lowest BCUT2D eigenvalue weighted by molar-refractivity contribution is -0.436. The molecule has 8 nitrogen and oxygen atoms in total. The zero-order chi connectivity index (χ0) is 45.2. The van der Waals surface area contributed by atoms with Crippen LogP contribution in [0.1, 0.15) is 46.2 Å². The molecule has 2 aliphatic heterocycles. The summed E-state index contributed by atoms with van der Waals surface area (Å²) < 4.78 is 13.8. The SMILES string of the molecule is COc1ccc2c(c1)C(Cc1ccccc1)(Cc1ccccc1)C(/C=C/C=C/C=C1/N(CCC(=O)O)c3ccc(OC)cc3C1(Cc1ccccc1)Cc1ccccc1)=[N+]2CCC(=O)O. The molecule has 6 aromatic rings. The fourth-order valence-electron chi connectivity index (χ4n) is 9.97. The average Bonchev–Trinajstić information content (AvgIpc) is 3.71. The van der Waals surface area contributed by atoms with Gasteiger partial charge in [0, 0.05) is 41.1 Å². The Hall–Kier alpha value is -7.45. The molecule has 0 aromatic heterocycles. The van der Waals surface area contributed by atoms with E-state index in [1.54, 1.807) is 14.2 Å². The molecule has 0 spiro atoms. The number of hydrogen-bond acceptors (Lipinski definition) is 5. The molecule has 0 atom stereocenters. The summed E-state index contributed by atoms with van der Waals surface area (Å²) in [6.45, 7) is 0.574. The van der Waals surface area contributed by atoms with E-state index >= 15 is 0 Å². The summed E-state index contributed by atoms with van der Waals surface area (Å²) in [7, 11) is 3.35. The maximum atomic E-state index is 12.2. The van der Waals surface area contributed by atoms with Crippen molar-refractivity contribution in [3.63, 3.8) is 0 Å². The summed E-state index contributed by atoms with van der Waals surface area (Å²) >= 11 is 0. The first-order valence-corrected chi connectivity index (χ1v) is 22.2. The van der Waals surface area contributed by atoms with E-state index in [0.717, 1.165) is 67.7 Å². The first-order chi connectivity index (χ1) is 31.7. The highest BCUT2D eigenvalue weighted by molar-refractivity contribution is 6.04. The molecule has 2 N–H and O–H groups in total. The molecule has 2 heterocycles. The second-order valence-electron chi connectivity index (χ2n) is 16.9. The molecule has 2 aliphatic rings. The van der Waals surface area contributed by atoms with Gasteiger partial charge >= 0.3 is 11.9 Å². The Kier molecular flexibility index (Phi) is 13.5. The van der Waals surface area contributed by atoms with Crippen molar-refractivity contribution >= 4 is 29.0 Å². The Bertz CT molecular complexity index is 2660. The maximum absolute atomic E-state index is 12.2. The van der Waals surface area contributed by atoms with Gasteiger partial charge in [0.2, 0.25) is 5.69 Å². The number of fused-ring (bicyclic) bond motifs is 2. The van der Waals surface area contributed by atoms with Gasteiger partial charge in [-0.3, -0.25) is 9.59 Å². The lowest BCUT2D eigenvalue weighted by Crippen LogP contribution is -2.39. The van der Waals surface area contributed by atoms with E-state index in [1.165, 1.54) is 0 Å². The average molecular weight is 864 g/mol. The van der Waals surface area contributed by atoms with Crippen LogP contribution in [0.4, 0.5) is 11.4 Å². The third-order valence-corrected chi connectivity index (χ3v) is 12.8. The van der Waals surface area contributed by atoms with Crippen LogP contribution in [0.25, 0.3) is 0 Å². The molecular formula is C57H55N2O6+. The van der Waals surface area contributed by atoms with E-state index < -0.39 is 22.8 Å². The normalized spacial score (nSPS) is 15.4. The molecular weight excluding hydrogens is 809 g/mol. The molecule has 65 heavy (non-hydrogen) atoms. The molecule has 0 saturated carbocycles. The highest BCUT2D eigenvalue weighted by Gasteiger charge is 2.52. The van der Waals surface area contributed by atoms with Crippen molar-refractivity contribution in [3.8, 4) is 11.5 Å². The van der Waals surface area contributed by atoms with E-state index in [9.17, 15) is 19.8 Å². The van der Waals surface area contributed by atoms with E-state index in [4.69, 9.17) is 9.47 Å². The van der Waals surface area contributed by atoms with Crippen molar-refractivity contribution < 1.29 is 33.9 Å². The largest absolute Gasteiger partial charge is 0.497 e. The second-order valence-corrected chi connectivity index (χ2v) is 16.9. The summed E-state index contributed by atoms with van der Waals surface area (Å²) in [5.74, 6) is -0.256. The van der Waals surface area contributed by atoms with Gasteiger partial charge in [0.05, 0.1) is 26.1 Å². The minimum atomic E-state index is -0.865. The van der Waals surface area contributed by atoms with Gasteiger partial charge < -0.3 is 24.6 Å². The molecule has 0 radical (unpaired) electrons. The number of benzene rings is 6. The summed E-state index contributed by atoms with van der Waals surface area (Å²) in [6, 6.07) is 54.1. The number of rotatable bonds is 19. The van der Waals surface area contributed by atoms with Crippen LogP contribution in [0.3, 0.4) is 0 Å². The third kappa shape index (κ3) is 9.58. The van der Waals surface area contributed by atoms with E-state index in [0.29, 0.717) is 25.7 Å². The molecule has 8 rings (SSSR count). The molecule has 0 unspecified atom stereocenters. The molecule has 0 saturated heterocycles. The Morgan fingerprint density at radius 3 is 1.54 bits per heavy atom. The Balaban J connectivity index is 1.29. The van der Waals surface area contributed by atoms with Crippen LogP contribution >= 0.6 is 0 Å². The molecule has 8 heteroatoms. The highest BCUT2D eigenvalue weighted by Crippen LogP contribution is 2.53. The van der Waals surface area contributed by atoms with Crippen LogP contribution < -0.4 is 14.4 Å². The van der Waals surface area contributed by atoms with Crippen molar-refractivity contribution in [3.05, 3.63) is 227 Å². The number of allylic oxidation sites excluding steroid dienone is 6. The number of carbonyl (C=O) groups is 2. The number of ether oxygens (including phenoxy) is 2. The van der Waals surface area contributed by atoms with Gasteiger partial charge in [-0.1, -0.05) is 140 Å². The standard InChI is InChI=1S/C57H54N2O6/c1-64-46-28-30-50-48(36-46)56(38-42-18-8-3-9-19-42,39-43-20-10-4-11-21-43)52(58(50)34-32-54(60)61)26-16-7-17-27-53-57(40-44-22-12-5-13-23-44,41-45-24-14-6-15-25-45)49-37-47(65-2)29-31-51(49)59(53)35-33-55(62)63/h3-31,36-37H,32-35,38-41H2,1-2H3,(H-,60,61,62,63)/p+1. The third-order valence-electron chi connectivity index (χ3n) is 12.8. The van der Waals surface area contributed by atoms with Gasteiger partial charge in [0.15, 0.2) is 12.3 Å². The zero-order valence-corrected chi connectivity index (χ0v) is 37.0. The number of methoxy groups -OCH3 is 2. The lowest BCUT2D eigenvalue weighted by atomic mass is 9.69. The Labute approximate surface area is 381 Å². The number of hydrogen-bond donors (Lipinski definition) is 2. The van der Waals surface area contributed by atoms with Crippen LogP contribution in [-0.2, 0) is 46.1 Å². The first kappa shape index (κ1) is 44.2. The van der Waals surface area contributed by atoms with Crippen molar-refractivity contribution in [1.29, 1.82) is 0 Å². The summed E-state index contributed by atoms with van der Waals surface area (Å²) in [5, 5.41) is 20.0. The molecule has 328 valence electrons. The van der Waals surface area contributed by atoms with Crippen LogP contribution in [0.2, 0.25) is 0 Å². The fourth-order valence-corrected chi connectivity index (χ4v) is 9.97. The summed E-state index contributed by atoms with van der Waals surface area (Å²) in [5.41, 5.74) is 9.56. The van der Waals surface area contributed by atoms with Crippen LogP contribution in [-0.4, -0.2) is 59.7 Å². The van der Waals surface area contributed by atoms with Crippen LogP contribution in [0.15, 0.2) is 194 Å². The topological polar surface area (TPSA) is 99.3 Å². The Morgan fingerprint density at radius 1 is 0.569 bits per heavy atom. The van der Waals surface area contributed by atoms with Crippen molar-refractivity contribution in [2.24, 2.45) is 0 Å². The molecule has 6 aromatic carbocycles. The van der Waals surface area contributed by atoms with Gasteiger partial charge in [0.25, 0.3) is 0 Å². The lowest BCUT2D eigenvalue weighted by Gasteiger charge is -2.34. The van der Waals surface area contributed by atoms with Crippen molar-refractivity contribution in [1.82, 2.24) is 0 Å². The predicted octanol–water partition coefficient (Wildman–Crippen LogP) is 10.7. The monoisotopic (exact) mass is 863 g/mol. The van der Waals surface area contributed by atoms with Crippen LogP contribution in [0, 0.1) is 0 Å². The van der Waals surface area contributed by atoms with Crippen molar-refractivity contribution in [2.75, 3.05) is 32.2 Å². The van der Waals surface area contributed by atoms with Crippen LogP contribution in [0.5, 0.6) is 11.5 Å². The number of carboxylic acids is 2. The summed E-state index contributed by atoms with van der Waals surface area (Å²) in [4.78, 5) is 26.6. The molecule has 0 amide bonds. The van der Waals surface area contributed by atoms with E-state index in [1.807, 2.05) is 42.5 Å². The first-order valence-electron chi connectivity index (χ1n) is 22.2. The maximum Gasteiger partial charge on any atom is 0.309 e. The van der Waals surface area contributed by atoms with Gasteiger partial charge in [-0.2, -0.15) is 4.58 Å². The number of nitrogens with zero attached hydrogens (tertiary/aromatic N) is 2. The number of carboxylic acid groups (broad SMARTS) is 2. The molecule has 0 fully saturated rings. The highest BCUT2D eigenvalue weighted by atomic mass is 16.5. The minimum Gasteiger partial charge on any atom is -0.497 e. The zero-order valence-electron chi connectivity index (χ0n) is 37.0. The predicted molar refractivity (Wildman–Crippen MR) is 258 cm³/mol. The van der Waals surface area contributed by atoms with Gasteiger partial charge in [-0.15, -0.1) is 0 Å². The Morgan fingerprint density at radius 2 is 1.05 bits per heavy atom. The quantitative estimate of drug-likeness (QED) is 0.0618.